The van der Waals surface area contributed by atoms with E-state index in [9.17, 15) is 4.39 Å². The van der Waals surface area contributed by atoms with E-state index in [-0.39, 0.29) is 5.82 Å². The number of hydrogen-bond acceptors (Lipinski definition) is 1. The van der Waals surface area contributed by atoms with Crippen molar-refractivity contribution in [2.45, 2.75) is 13.3 Å². The highest BCUT2D eigenvalue weighted by atomic mass is 127. The van der Waals surface area contributed by atoms with Gasteiger partial charge in [0.25, 0.3) is 0 Å². The first-order valence-electron chi connectivity index (χ1n) is 3.04. The summed E-state index contributed by atoms with van der Waals surface area (Å²) in [6.07, 6.45) is 2.53. The van der Waals surface area contributed by atoms with E-state index in [1.54, 1.807) is 6.20 Å². The fourth-order valence-corrected chi connectivity index (χ4v) is 0.949. The van der Waals surface area contributed by atoms with E-state index < -0.39 is 0 Å². The summed E-state index contributed by atoms with van der Waals surface area (Å²) in [5, 5.41) is 0. The van der Waals surface area contributed by atoms with Crippen LogP contribution in [-0.4, -0.2) is 4.98 Å². The molecule has 0 aliphatic rings. The highest BCUT2D eigenvalue weighted by Crippen LogP contribution is 2.08. The zero-order valence-electron chi connectivity index (χ0n) is 5.56. The minimum Gasteiger partial charge on any atom is -0.247 e. The van der Waals surface area contributed by atoms with Gasteiger partial charge in [-0.1, -0.05) is 6.92 Å². The Morgan fingerprint density at radius 1 is 1.70 bits per heavy atom. The quantitative estimate of drug-likeness (QED) is 0.551. The molecule has 0 bridgehead atoms. The monoisotopic (exact) mass is 251 g/mol. The lowest BCUT2D eigenvalue weighted by molar-refractivity contribution is 0.609. The van der Waals surface area contributed by atoms with E-state index in [0.29, 0.717) is 3.70 Å². The summed E-state index contributed by atoms with van der Waals surface area (Å²) in [7, 11) is 0. The van der Waals surface area contributed by atoms with Gasteiger partial charge in [-0.2, -0.15) is 0 Å². The van der Waals surface area contributed by atoms with Crippen LogP contribution in [0.25, 0.3) is 0 Å². The van der Waals surface area contributed by atoms with Crippen molar-refractivity contribution in [1.29, 1.82) is 0 Å². The topological polar surface area (TPSA) is 12.9 Å². The van der Waals surface area contributed by atoms with E-state index >= 15 is 0 Å². The Morgan fingerprint density at radius 3 is 2.90 bits per heavy atom. The van der Waals surface area contributed by atoms with E-state index in [2.05, 4.69) is 4.98 Å². The van der Waals surface area contributed by atoms with Gasteiger partial charge in [-0.15, -0.1) is 0 Å². The van der Waals surface area contributed by atoms with Crippen LogP contribution >= 0.6 is 22.6 Å². The van der Waals surface area contributed by atoms with Gasteiger partial charge in [0.15, 0.2) is 5.82 Å². The van der Waals surface area contributed by atoms with Crippen molar-refractivity contribution in [3.8, 4) is 0 Å². The van der Waals surface area contributed by atoms with Crippen LogP contribution in [0.15, 0.2) is 12.3 Å². The fraction of sp³-hybridized carbons (Fsp3) is 0.286. The minimum absolute atomic E-state index is 0.222. The standard InChI is InChI=1S/C7H7FIN/c1-2-5-3-6(8)7(9)10-4-5/h3-4H,2H2,1H3. The summed E-state index contributed by atoms with van der Waals surface area (Å²) in [5.41, 5.74) is 0.943. The molecule has 3 heteroatoms. The van der Waals surface area contributed by atoms with Gasteiger partial charge in [0.2, 0.25) is 0 Å². The lowest BCUT2D eigenvalue weighted by Gasteiger charge is -1.95. The van der Waals surface area contributed by atoms with Gasteiger partial charge in [-0.05, 0) is 40.6 Å². The molecule has 0 N–H and O–H groups in total. The van der Waals surface area contributed by atoms with Crippen molar-refractivity contribution in [2.24, 2.45) is 0 Å². The molecule has 1 rings (SSSR count). The predicted molar refractivity (Wildman–Crippen MR) is 46.3 cm³/mol. The molecule has 0 radical (unpaired) electrons. The molecule has 0 aliphatic heterocycles. The first kappa shape index (κ1) is 7.91. The third kappa shape index (κ3) is 1.65. The van der Waals surface area contributed by atoms with Gasteiger partial charge in [0.05, 0.1) is 0 Å². The average Bonchev–Trinajstić information content (AvgIpc) is 1.95. The second kappa shape index (κ2) is 3.27. The number of nitrogens with zero attached hydrogens (tertiary/aromatic N) is 1. The van der Waals surface area contributed by atoms with Crippen LogP contribution in [-0.2, 0) is 6.42 Å². The van der Waals surface area contributed by atoms with Gasteiger partial charge in [0.1, 0.15) is 3.70 Å². The maximum atomic E-state index is 12.7. The van der Waals surface area contributed by atoms with Crippen molar-refractivity contribution < 1.29 is 4.39 Å². The molecule has 0 fully saturated rings. The second-order valence-electron chi connectivity index (χ2n) is 1.97. The van der Waals surface area contributed by atoms with Crippen molar-refractivity contribution in [3.63, 3.8) is 0 Å². The van der Waals surface area contributed by atoms with Crippen molar-refractivity contribution in [1.82, 2.24) is 4.98 Å². The summed E-state index contributed by atoms with van der Waals surface area (Å²) in [6.45, 7) is 1.98. The Hall–Kier alpha value is -0.190. The van der Waals surface area contributed by atoms with E-state index in [1.807, 2.05) is 29.5 Å². The number of rotatable bonds is 1. The molecule has 1 heterocycles. The molecule has 54 valence electrons. The van der Waals surface area contributed by atoms with Crippen LogP contribution in [0, 0.1) is 9.52 Å². The predicted octanol–water partition coefficient (Wildman–Crippen LogP) is 2.39. The summed E-state index contributed by atoms with van der Waals surface area (Å²) in [5.74, 6) is -0.222. The highest BCUT2D eigenvalue weighted by Gasteiger charge is 1.98. The number of aryl methyl sites for hydroxylation is 1. The lowest BCUT2D eigenvalue weighted by atomic mass is 10.2. The van der Waals surface area contributed by atoms with E-state index in [0.717, 1.165) is 12.0 Å². The molecule has 10 heavy (non-hydrogen) atoms. The van der Waals surface area contributed by atoms with Crippen LogP contribution in [0.4, 0.5) is 4.39 Å². The third-order valence-corrected chi connectivity index (χ3v) is 2.05. The molecule has 0 unspecified atom stereocenters. The minimum atomic E-state index is -0.222. The Balaban J connectivity index is 3.04. The van der Waals surface area contributed by atoms with Gasteiger partial charge in [-0.3, -0.25) is 0 Å². The van der Waals surface area contributed by atoms with Gasteiger partial charge in [-0.25, -0.2) is 9.37 Å². The molecule has 0 saturated carbocycles. The molecule has 0 aliphatic carbocycles. The number of hydrogen-bond donors (Lipinski definition) is 0. The molecular formula is C7H7FIN. The highest BCUT2D eigenvalue weighted by molar-refractivity contribution is 14.1. The number of halogens is 2. The van der Waals surface area contributed by atoms with E-state index in [4.69, 9.17) is 0 Å². The first-order valence-corrected chi connectivity index (χ1v) is 4.12. The van der Waals surface area contributed by atoms with Crippen molar-refractivity contribution in [3.05, 3.63) is 27.3 Å². The van der Waals surface area contributed by atoms with Gasteiger partial charge >= 0.3 is 0 Å². The molecular weight excluding hydrogens is 244 g/mol. The molecule has 0 amide bonds. The lowest BCUT2D eigenvalue weighted by Crippen LogP contribution is -1.90. The largest absolute Gasteiger partial charge is 0.247 e. The van der Waals surface area contributed by atoms with Crippen LogP contribution in [0.5, 0.6) is 0 Å². The van der Waals surface area contributed by atoms with Crippen LogP contribution in [0.1, 0.15) is 12.5 Å². The Bertz CT molecular complexity index is 237. The summed E-state index contributed by atoms with van der Waals surface area (Å²) < 4.78 is 13.1. The van der Waals surface area contributed by atoms with Crippen molar-refractivity contribution in [2.75, 3.05) is 0 Å². The molecule has 1 nitrogen and oxygen atoms in total. The van der Waals surface area contributed by atoms with Crippen LogP contribution < -0.4 is 0 Å². The zero-order valence-corrected chi connectivity index (χ0v) is 7.72. The molecule has 0 spiro atoms. The van der Waals surface area contributed by atoms with Crippen LogP contribution in [0.2, 0.25) is 0 Å². The average molecular weight is 251 g/mol. The second-order valence-corrected chi connectivity index (χ2v) is 2.99. The third-order valence-electron chi connectivity index (χ3n) is 1.26. The Labute approximate surface area is 72.8 Å². The summed E-state index contributed by atoms with van der Waals surface area (Å²) >= 11 is 1.87. The van der Waals surface area contributed by atoms with Gasteiger partial charge in [0, 0.05) is 6.20 Å². The normalized spacial score (nSPS) is 9.90. The summed E-state index contributed by atoms with van der Waals surface area (Å²) in [6, 6.07) is 1.52. The van der Waals surface area contributed by atoms with Crippen molar-refractivity contribution >= 4 is 22.6 Å². The Kier molecular flexibility index (Phi) is 2.59. The molecule has 0 saturated heterocycles. The van der Waals surface area contributed by atoms with Gasteiger partial charge < -0.3 is 0 Å². The maximum Gasteiger partial charge on any atom is 0.155 e. The molecule has 0 atom stereocenters. The van der Waals surface area contributed by atoms with Crippen LogP contribution in [0.3, 0.4) is 0 Å². The first-order chi connectivity index (χ1) is 4.74. The summed E-state index contributed by atoms with van der Waals surface area (Å²) in [4.78, 5) is 3.86. The number of pyridine rings is 1. The molecule has 1 aromatic rings. The smallest absolute Gasteiger partial charge is 0.155 e. The SMILES string of the molecule is CCc1cnc(I)c(F)c1. The van der Waals surface area contributed by atoms with E-state index in [1.165, 1.54) is 6.07 Å². The maximum absolute atomic E-state index is 12.7. The number of aromatic nitrogens is 1. The molecule has 1 aromatic heterocycles. The Morgan fingerprint density at radius 2 is 2.40 bits per heavy atom. The fourth-order valence-electron chi connectivity index (χ4n) is 0.654. The zero-order chi connectivity index (χ0) is 7.56. The molecule has 0 aromatic carbocycles.